The van der Waals surface area contributed by atoms with Crippen molar-refractivity contribution >= 4 is 5.82 Å². The number of pyridine rings is 1. The summed E-state index contributed by atoms with van der Waals surface area (Å²) in [4.78, 5) is 6.61. The molecule has 0 amide bonds. The summed E-state index contributed by atoms with van der Waals surface area (Å²) in [6, 6.07) is 4.02. The second-order valence-corrected chi connectivity index (χ2v) is 4.89. The van der Waals surface area contributed by atoms with Gasteiger partial charge in [0.25, 0.3) is 0 Å². The Hall–Kier alpha value is -1.09. The molecule has 82 valence electrons. The number of nitrogen functional groups attached to an aromatic ring is 1. The molecule has 1 aromatic heterocycles. The lowest BCUT2D eigenvalue weighted by Crippen LogP contribution is -2.37. The van der Waals surface area contributed by atoms with Gasteiger partial charge in [-0.2, -0.15) is 0 Å². The standard InChI is InChI=1S/C12H19N3/c1-12(2)6-4-8-15(12)9-10-5-3-7-14-11(10)13/h3,5,7H,4,6,8-9H2,1-2H3,(H2,13,14). The first-order valence-corrected chi connectivity index (χ1v) is 5.54. The van der Waals surface area contributed by atoms with E-state index in [1.165, 1.54) is 19.4 Å². The van der Waals surface area contributed by atoms with Gasteiger partial charge in [-0.25, -0.2) is 4.98 Å². The second-order valence-electron chi connectivity index (χ2n) is 4.89. The highest BCUT2D eigenvalue weighted by atomic mass is 15.2. The molecule has 0 spiro atoms. The molecule has 0 aromatic carbocycles. The summed E-state index contributed by atoms with van der Waals surface area (Å²) in [6.07, 6.45) is 4.30. The number of hydrogen-bond acceptors (Lipinski definition) is 3. The van der Waals surface area contributed by atoms with Crippen LogP contribution in [0.15, 0.2) is 18.3 Å². The van der Waals surface area contributed by atoms with Crippen molar-refractivity contribution in [3.63, 3.8) is 0 Å². The third-order valence-corrected chi connectivity index (χ3v) is 3.36. The topological polar surface area (TPSA) is 42.2 Å². The van der Waals surface area contributed by atoms with Crippen LogP contribution in [0.2, 0.25) is 0 Å². The minimum atomic E-state index is 0.308. The monoisotopic (exact) mass is 205 g/mol. The molecule has 1 aliphatic heterocycles. The van der Waals surface area contributed by atoms with Crippen LogP contribution >= 0.6 is 0 Å². The SMILES string of the molecule is CC1(C)CCCN1Cc1cccnc1N. The van der Waals surface area contributed by atoms with Gasteiger partial charge in [0.2, 0.25) is 0 Å². The molecule has 2 N–H and O–H groups in total. The summed E-state index contributed by atoms with van der Waals surface area (Å²) in [6.45, 7) is 6.69. The van der Waals surface area contributed by atoms with E-state index < -0.39 is 0 Å². The van der Waals surface area contributed by atoms with Crippen molar-refractivity contribution < 1.29 is 0 Å². The molecule has 1 fully saturated rings. The molecule has 0 unspecified atom stereocenters. The van der Waals surface area contributed by atoms with Crippen LogP contribution in [0.25, 0.3) is 0 Å². The van der Waals surface area contributed by atoms with Crippen LogP contribution < -0.4 is 5.73 Å². The molecule has 2 heterocycles. The molecule has 3 heteroatoms. The van der Waals surface area contributed by atoms with Crippen LogP contribution in [0.1, 0.15) is 32.3 Å². The maximum absolute atomic E-state index is 5.85. The van der Waals surface area contributed by atoms with Gasteiger partial charge < -0.3 is 5.73 Å². The average molecular weight is 205 g/mol. The summed E-state index contributed by atoms with van der Waals surface area (Å²) in [5.74, 6) is 0.667. The highest BCUT2D eigenvalue weighted by Gasteiger charge is 2.31. The van der Waals surface area contributed by atoms with E-state index in [1.807, 2.05) is 6.07 Å². The van der Waals surface area contributed by atoms with E-state index in [-0.39, 0.29) is 0 Å². The van der Waals surface area contributed by atoms with Crippen molar-refractivity contribution in [3.05, 3.63) is 23.9 Å². The first-order chi connectivity index (χ1) is 7.09. The lowest BCUT2D eigenvalue weighted by Gasteiger charge is -2.31. The summed E-state index contributed by atoms with van der Waals surface area (Å²) < 4.78 is 0. The van der Waals surface area contributed by atoms with Gasteiger partial charge in [-0.3, -0.25) is 4.90 Å². The van der Waals surface area contributed by atoms with Gasteiger partial charge >= 0.3 is 0 Å². The fraction of sp³-hybridized carbons (Fsp3) is 0.583. The lowest BCUT2D eigenvalue weighted by molar-refractivity contribution is 0.167. The maximum Gasteiger partial charge on any atom is 0.127 e. The predicted molar refractivity (Wildman–Crippen MR) is 62.4 cm³/mol. The zero-order valence-corrected chi connectivity index (χ0v) is 9.53. The van der Waals surface area contributed by atoms with E-state index in [1.54, 1.807) is 6.20 Å². The number of anilines is 1. The Kier molecular flexibility index (Phi) is 2.65. The zero-order valence-electron chi connectivity index (χ0n) is 9.53. The minimum absolute atomic E-state index is 0.308. The van der Waals surface area contributed by atoms with Crippen LogP contribution in [0, 0.1) is 0 Å². The molecule has 0 bridgehead atoms. The van der Waals surface area contributed by atoms with E-state index >= 15 is 0 Å². The van der Waals surface area contributed by atoms with Crippen molar-refractivity contribution in [3.8, 4) is 0 Å². The van der Waals surface area contributed by atoms with Crippen molar-refractivity contribution in [2.75, 3.05) is 12.3 Å². The van der Waals surface area contributed by atoms with Gasteiger partial charge in [0.15, 0.2) is 0 Å². The first-order valence-electron chi connectivity index (χ1n) is 5.54. The summed E-state index contributed by atoms with van der Waals surface area (Å²) >= 11 is 0. The van der Waals surface area contributed by atoms with Crippen molar-refractivity contribution in [1.82, 2.24) is 9.88 Å². The van der Waals surface area contributed by atoms with Gasteiger partial charge in [0.05, 0.1) is 0 Å². The van der Waals surface area contributed by atoms with Gasteiger partial charge in [0, 0.05) is 23.8 Å². The molecular weight excluding hydrogens is 186 g/mol. The van der Waals surface area contributed by atoms with Gasteiger partial charge in [0.1, 0.15) is 5.82 Å². The highest BCUT2D eigenvalue weighted by Crippen LogP contribution is 2.30. The number of hydrogen-bond donors (Lipinski definition) is 1. The second kappa shape index (κ2) is 3.81. The quantitative estimate of drug-likeness (QED) is 0.803. The van der Waals surface area contributed by atoms with E-state index in [0.717, 1.165) is 12.1 Å². The normalized spacial score (nSPS) is 20.7. The fourth-order valence-electron chi connectivity index (χ4n) is 2.25. The summed E-state index contributed by atoms with van der Waals surface area (Å²) in [5, 5.41) is 0. The molecule has 15 heavy (non-hydrogen) atoms. The van der Waals surface area contributed by atoms with Crippen LogP contribution in [0.5, 0.6) is 0 Å². The number of aromatic nitrogens is 1. The third kappa shape index (κ3) is 2.12. The van der Waals surface area contributed by atoms with Crippen molar-refractivity contribution in [2.24, 2.45) is 0 Å². The third-order valence-electron chi connectivity index (χ3n) is 3.36. The molecule has 0 aliphatic carbocycles. The average Bonchev–Trinajstić information content (AvgIpc) is 2.50. The van der Waals surface area contributed by atoms with Gasteiger partial charge in [-0.05, 0) is 39.3 Å². The molecule has 0 radical (unpaired) electrons. The smallest absolute Gasteiger partial charge is 0.127 e. The molecular formula is C12H19N3. The number of nitrogens with two attached hydrogens (primary N) is 1. The van der Waals surface area contributed by atoms with Crippen LogP contribution in [0.3, 0.4) is 0 Å². The predicted octanol–water partition coefficient (Wildman–Crippen LogP) is 2.04. The Bertz CT molecular complexity index is 346. The van der Waals surface area contributed by atoms with E-state index in [0.29, 0.717) is 11.4 Å². The molecule has 3 nitrogen and oxygen atoms in total. The Balaban J connectivity index is 2.12. The lowest BCUT2D eigenvalue weighted by atomic mass is 10.0. The number of nitrogens with zero attached hydrogens (tertiary/aromatic N) is 2. The minimum Gasteiger partial charge on any atom is -0.383 e. The molecule has 2 rings (SSSR count). The highest BCUT2D eigenvalue weighted by molar-refractivity contribution is 5.38. The largest absolute Gasteiger partial charge is 0.383 e. The summed E-state index contributed by atoms with van der Waals surface area (Å²) in [7, 11) is 0. The van der Waals surface area contributed by atoms with Gasteiger partial charge in [-0.15, -0.1) is 0 Å². The van der Waals surface area contributed by atoms with Gasteiger partial charge in [-0.1, -0.05) is 6.07 Å². The Morgan fingerprint density at radius 1 is 1.53 bits per heavy atom. The molecule has 1 aromatic rings. The maximum atomic E-state index is 5.85. The van der Waals surface area contributed by atoms with E-state index in [4.69, 9.17) is 5.73 Å². The molecule has 1 aliphatic rings. The van der Waals surface area contributed by atoms with Crippen molar-refractivity contribution in [2.45, 2.75) is 38.8 Å². The number of likely N-dealkylation sites (tertiary alicyclic amines) is 1. The zero-order chi connectivity index (χ0) is 10.9. The Morgan fingerprint density at radius 2 is 2.33 bits per heavy atom. The fourth-order valence-corrected chi connectivity index (χ4v) is 2.25. The van der Waals surface area contributed by atoms with Crippen LogP contribution in [-0.4, -0.2) is 22.0 Å². The van der Waals surface area contributed by atoms with Crippen LogP contribution in [0.4, 0.5) is 5.82 Å². The Labute approximate surface area is 91.3 Å². The van der Waals surface area contributed by atoms with Crippen molar-refractivity contribution in [1.29, 1.82) is 0 Å². The summed E-state index contributed by atoms with van der Waals surface area (Å²) in [5.41, 5.74) is 7.30. The molecule has 0 saturated carbocycles. The van der Waals surface area contributed by atoms with Crippen LogP contribution in [-0.2, 0) is 6.54 Å². The Morgan fingerprint density at radius 3 is 2.93 bits per heavy atom. The number of rotatable bonds is 2. The molecule has 1 saturated heterocycles. The van der Waals surface area contributed by atoms with E-state index in [9.17, 15) is 0 Å². The van der Waals surface area contributed by atoms with E-state index in [2.05, 4.69) is 29.8 Å². The molecule has 0 atom stereocenters. The first kappa shape index (κ1) is 10.4.